The Bertz CT molecular complexity index is 793. The summed E-state index contributed by atoms with van der Waals surface area (Å²) in [5.41, 5.74) is -0.318. The number of carboxylic acids is 1. The first-order valence-corrected chi connectivity index (χ1v) is 6.78. The van der Waals surface area contributed by atoms with Crippen LogP contribution in [0.15, 0.2) is 23.2 Å². The number of carbonyl (C=O) groups is 1. The maximum Gasteiger partial charge on any atom is 0.356 e. The molecule has 2 aromatic rings. The number of halogens is 3. The summed E-state index contributed by atoms with van der Waals surface area (Å²) in [6, 6.07) is 3.86. The van der Waals surface area contributed by atoms with Gasteiger partial charge in [0.2, 0.25) is 0 Å². The Morgan fingerprint density at radius 1 is 1.18 bits per heavy atom. The second-order valence-corrected chi connectivity index (χ2v) is 5.15. The van der Waals surface area contributed by atoms with Crippen molar-refractivity contribution in [3.8, 4) is 11.5 Å². The number of aromatic nitrogens is 1. The Labute approximate surface area is 139 Å². The van der Waals surface area contributed by atoms with Crippen LogP contribution < -0.4 is 0 Å². The van der Waals surface area contributed by atoms with Crippen LogP contribution in [0.5, 0.6) is 11.5 Å². The van der Waals surface area contributed by atoms with Gasteiger partial charge in [0.1, 0.15) is 27.2 Å². The quantitative estimate of drug-likeness (QED) is 0.568. The minimum atomic E-state index is -1.38. The van der Waals surface area contributed by atoms with Crippen LogP contribution in [-0.4, -0.2) is 32.5 Å². The Balaban J connectivity index is 2.53. The fourth-order valence-electron chi connectivity index (χ4n) is 1.53. The molecule has 0 bridgehead atoms. The van der Waals surface area contributed by atoms with Crippen LogP contribution in [0.1, 0.15) is 16.1 Å². The maximum absolute atomic E-state index is 11.0. The molecule has 1 aromatic carbocycles. The number of benzene rings is 1. The Hall–Kier alpha value is -2.02. The first kappa shape index (κ1) is 16.4. The van der Waals surface area contributed by atoms with Crippen molar-refractivity contribution >= 4 is 52.7 Å². The van der Waals surface area contributed by atoms with Crippen LogP contribution in [-0.2, 0) is 0 Å². The van der Waals surface area contributed by atoms with Crippen LogP contribution in [0.25, 0.3) is 0 Å². The number of aromatic carboxylic acids is 1. The maximum atomic E-state index is 11.0. The first-order chi connectivity index (χ1) is 10.3. The van der Waals surface area contributed by atoms with Gasteiger partial charge in [-0.2, -0.15) is 0 Å². The van der Waals surface area contributed by atoms with Gasteiger partial charge in [-0.3, -0.25) is 4.99 Å². The summed E-state index contributed by atoms with van der Waals surface area (Å²) < 4.78 is 0. The highest BCUT2D eigenvalue weighted by atomic mass is 35.5. The molecular weight excluding hydrogens is 355 g/mol. The zero-order valence-electron chi connectivity index (χ0n) is 10.6. The number of nitrogens with zero attached hydrogens (tertiary/aromatic N) is 2. The number of carboxylic acid groups (broad SMARTS) is 1. The first-order valence-electron chi connectivity index (χ1n) is 5.65. The minimum Gasteiger partial charge on any atom is -0.508 e. The molecule has 0 atom stereocenters. The summed E-state index contributed by atoms with van der Waals surface area (Å²) in [7, 11) is 0. The molecule has 114 valence electrons. The van der Waals surface area contributed by atoms with Gasteiger partial charge in [-0.15, -0.1) is 0 Å². The molecule has 0 aliphatic carbocycles. The van der Waals surface area contributed by atoms with Crippen LogP contribution in [0, 0.1) is 0 Å². The van der Waals surface area contributed by atoms with Crippen molar-refractivity contribution in [2.24, 2.45) is 4.99 Å². The monoisotopic (exact) mass is 360 g/mol. The van der Waals surface area contributed by atoms with Crippen molar-refractivity contribution in [3.05, 3.63) is 44.7 Å². The third-order valence-corrected chi connectivity index (χ3v) is 3.65. The van der Waals surface area contributed by atoms with E-state index in [1.165, 1.54) is 18.3 Å². The fourth-order valence-corrected chi connectivity index (χ4v) is 2.21. The van der Waals surface area contributed by atoms with E-state index in [0.717, 1.165) is 6.07 Å². The predicted octanol–water partition coefficient (Wildman–Crippen LogP) is 3.90. The van der Waals surface area contributed by atoms with E-state index in [-0.39, 0.29) is 37.9 Å². The molecule has 1 heterocycles. The number of hydrogen-bond acceptors (Lipinski definition) is 5. The van der Waals surface area contributed by atoms with Gasteiger partial charge in [0.05, 0.1) is 0 Å². The second kappa shape index (κ2) is 6.39. The number of hydrogen-bond donors (Lipinski definition) is 3. The van der Waals surface area contributed by atoms with Gasteiger partial charge in [0.25, 0.3) is 0 Å². The van der Waals surface area contributed by atoms with E-state index in [0.29, 0.717) is 0 Å². The van der Waals surface area contributed by atoms with E-state index < -0.39 is 11.7 Å². The van der Waals surface area contributed by atoms with Crippen molar-refractivity contribution in [2.75, 3.05) is 0 Å². The normalized spacial score (nSPS) is 11.0. The van der Waals surface area contributed by atoms with Gasteiger partial charge >= 0.3 is 5.97 Å². The molecule has 0 amide bonds. The molecule has 22 heavy (non-hydrogen) atoms. The fraction of sp³-hybridized carbons (Fsp3) is 0. The molecule has 0 saturated heterocycles. The van der Waals surface area contributed by atoms with Crippen molar-refractivity contribution < 1.29 is 20.1 Å². The van der Waals surface area contributed by atoms with Crippen LogP contribution in [0.3, 0.4) is 0 Å². The van der Waals surface area contributed by atoms with Crippen molar-refractivity contribution in [2.45, 2.75) is 0 Å². The molecule has 3 N–H and O–H groups in total. The summed E-state index contributed by atoms with van der Waals surface area (Å²) in [4.78, 5) is 18.5. The molecule has 0 unspecified atom stereocenters. The molecule has 9 heteroatoms. The predicted molar refractivity (Wildman–Crippen MR) is 83.3 cm³/mol. The molecule has 0 saturated carbocycles. The van der Waals surface area contributed by atoms with Gasteiger partial charge in [-0.05, 0) is 12.1 Å². The summed E-state index contributed by atoms with van der Waals surface area (Å²) in [5.74, 6) is -1.73. The number of phenols is 2. The molecule has 0 aliphatic rings. The highest BCUT2D eigenvalue weighted by Crippen LogP contribution is 2.39. The van der Waals surface area contributed by atoms with E-state index >= 15 is 0 Å². The summed E-state index contributed by atoms with van der Waals surface area (Å²) in [6.07, 6.45) is 1.20. The largest absolute Gasteiger partial charge is 0.508 e. The average molecular weight is 362 g/mol. The molecule has 0 spiro atoms. The molecule has 0 fully saturated rings. The van der Waals surface area contributed by atoms with Gasteiger partial charge in [-0.25, -0.2) is 9.78 Å². The lowest BCUT2D eigenvalue weighted by Crippen LogP contribution is -2.02. The number of phenolic OH excluding ortho intramolecular Hbond substituents is 2. The summed E-state index contributed by atoms with van der Waals surface area (Å²) in [6.45, 7) is 0. The van der Waals surface area contributed by atoms with Crippen molar-refractivity contribution in [3.63, 3.8) is 0 Å². The second-order valence-electron chi connectivity index (χ2n) is 4.03. The zero-order chi connectivity index (χ0) is 16.4. The van der Waals surface area contributed by atoms with Crippen molar-refractivity contribution in [1.82, 2.24) is 4.98 Å². The molecule has 1 aromatic heterocycles. The lowest BCUT2D eigenvalue weighted by atomic mass is 10.2. The Morgan fingerprint density at radius 2 is 1.86 bits per heavy atom. The smallest absolute Gasteiger partial charge is 0.356 e. The van der Waals surface area contributed by atoms with E-state index in [4.69, 9.17) is 39.9 Å². The van der Waals surface area contributed by atoms with Gasteiger partial charge in [0, 0.05) is 17.8 Å². The van der Waals surface area contributed by atoms with Crippen LogP contribution in [0.2, 0.25) is 15.2 Å². The molecule has 2 rings (SSSR count). The Kier molecular flexibility index (Phi) is 4.75. The summed E-state index contributed by atoms with van der Waals surface area (Å²) in [5, 5.41) is 27.2. The van der Waals surface area contributed by atoms with Gasteiger partial charge in [-0.1, -0.05) is 34.8 Å². The topological polar surface area (TPSA) is 103 Å². The third kappa shape index (κ3) is 3.24. The number of pyridine rings is 1. The zero-order valence-corrected chi connectivity index (χ0v) is 12.9. The molecule has 0 aliphatic heterocycles. The molecular formula is C13H7Cl3N2O4. The van der Waals surface area contributed by atoms with Crippen molar-refractivity contribution in [1.29, 1.82) is 0 Å². The lowest BCUT2D eigenvalue weighted by Gasteiger charge is -2.06. The van der Waals surface area contributed by atoms with E-state index in [1.807, 2.05) is 0 Å². The number of aromatic hydroxyl groups is 2. The Morgan fingerprint density at radius 3 is 2.45 bits per heavy atom. The van der Waals surface area contributed by atoms with Gasteiger partial charge < -0.3 is 15.3 Å². The van der Waals surface area contributed by atoms with E-state index in [2.05, 4.69) is 9.98 Å². The SMILES string of the molecule is O=C(O)c1nc(Cl)c(Cl)c(N=Cc2ccc(O)cc2O)c1Cl. The molecule has 6 nitrogen and oxygen atoms in total. The molecule has 0 radical (unpaired) electrons. The van der Waals surface area contributed by atoms with Crippen LogP contribution >= 0.6 is 34.8 Å². The van der Waals surface area contributed by atoms with E-state index in [9.17, 15) is 15.0 Å². The number of rotatable bonds is 3. The third-order valence-electron chi connectivity index (χ3n) is 2.56. The highest BCUT2D eigenvalue weighted by molar-refractivity contribution is 6.46. The highest BCUT2D eigenvalue weighted by Gasteiger charge is 2.20. The number of aliphatic imine (C=N–C) groups is 1. The van der Waals surface area contributed by atoms with Gasteiger partial charge in [0.15, 0.2) is 10.8 Å². The average Bonchev–Trinajstić information content (AvgIpc) is 2.44. The van der Waals surface area contributed by atoms with Crippen LogP contribution in [0.4, 0.5) is 5.69 Å². The van der Waals surface area contributed by atoms with E-state index in [1.54, 1.807) is 0 Å². The lowest BCUT2D eigenvalue weighted by molar-refractivity contribution is 0.0690. The summed E-state index contributed by atoms with van der Waals surface area (Å²) >= 11 is 17.6. The minimum absolute atomic E-state index is 0.0896. The standard InChI is InChI=1S/C13H7Cl3N2O4/c14-8-10(9(15)12(16)18-11(8)13(21)22)17-4-5-1-2-6(19)3-7(5)20/h1-4,19-20H,(H,21,22).